The molecule has 6 nitrogen and oxygen atoms in total. The molecule has 0 saturated carbocycles. The van der Waals surface area contributed by atoms with Gasteiger partial charge in [-0.3, -0.25) is 10.1 Å². The summed E-state index contributed by atoms with van der Waals surface area (Å²) < 4.78 is 5.19. The van der Waals surface area contributed by atoms with Gasteiger partial charge in [-0.15, -0.1) is 0 Å². The predicted molar refractivity (Wildman–Crippen MR) is 98.0 cm³/mol. The van der Waals surface area contributed by atoms with E-state index < -0.39 is 4.92 Å². The van der Waals surface area contributed by atoms with Crippen molar-refractivity contribution in [2.45, 2.75) is 19.3 Å². The monoisotopic (exact) mass is 343 g/mol. The van der Waals surface area contributed by atoms with Crippen molar-refractivity contribution in [1.82, 2.24) is 0 Å². The molecule has 0 amide bonds. The number of anilines is 2. The first-order valence-electron chi connectivity index (χ1n) is 7.59. The number of nitrogens with one attached hydrogen (secondary N) is 2. The number of thiocarbonyl (C=S) groups is 1. The van der Waals surface area contributed by atoms with Crippen molar-refractivity contribution in [3.63, 3.8) is 0 Å². The molecule has 124 valence electrons. The average Bonchev–Trinajstić information content (AvgIpc) is 3.02. The maximum absolute atomic E-state index is 10.8. The Morgan fingerprint density at radius 3 is 2.71 bits per heavy atom. The lowest BCUT2D eigenvalue weighted by Gasteiger charge is -2.14. The Kier molecular flexibility index (Phi) is 4.61. The highest BCUT2D eigenvalue weighted by Gasteiger charge is 2.13. The summed E-state index contributed by atoms with van der Waals surface area (Å²) in [6.45, 7) is 0. The van der Waals surface area contributed by atoms with Gasteiger partial charge in [0.1, 0.15) is 5.75 Å². The van der Waals surface area contributed by atoms with Crippen LogP contribution in [0.3, 0.4) is 0 Å². The highest BCUT2D eigenvalue weighted by atomic mass is 32.1. The zero-order chi connectivity index (χ0) is 17.1. The molecule has 0 spiro atoms. The van der Waals surface area contributed by atoms with Gasteiger partial charge in [0.15, 0.2) is 5.11 Å². The van der Waals surface area contributed by atoms with Crippen LogP contribution >= 0.6 is 12.2 Å². The Morgan fingerprint density at radius 2 is 1.96 bits per heavy atom. The van der Waals surface area contributed by atoms with Crippen LogP contribution in [0.25, 0.3) is 0 Å². The van der Waals surface area contributed by atoms with Crippen molar-refractivity contribution in [2.24, 2.45) is 0 Å². The number of methoxy groups -OCH3 is 1. The second kappa shape index (κ2) is 6.84. The average molecular weight is 343 g/mol. The molecule has 0 fully saturated rings. The number of hydrogen-bond acceptors (Lipinski definition) is 4. The second-order valence-electron chi connectivity index (χ2n) is 5.56. The van der Waals surface area contributed by atoms with Crippen LogP contribution in [0.4, 0.5) is 17.1 Å². The minimum atomic E-state index is -0.465. The number of ether oxygens (including phenoxy) is 1. The number of aryl methyl sites for hydroxylation is 2. The van der Waals surface area contributed by atoms with Crippen molar-refractivity contribution >= 4 is 34.4 Å². The third kappa shape index (κ3) is 3.46. The summed E-state index contributed by atoms with van der Waals surface area (Å²) >= 11 is 5.33. The van der Waals surface area contributed by atoms with Gasteiger partial charge in [-0.05, 0) is 60.8 Å². The number of fused-ring (bicyclic) bond motifs is 1. The van der Waals surface area contributed by atoms with Crippen LogP contribution in [-0.4, -0.2) is 17.1 Å². The standard InChI is InChI=1S/C17H17N3O3S/c1-23-16-10-14(20(21)22)7-8-15(16)19-17(24)18-13-6-5-11-3-2-4-12(11)9-13/h5-10H,2-4H2,1H3,(H2,18,19,24). The second-order valence-corrected chi connectivity index (χ2v) is 5.97. The SMILES string of the molecule is COc1cc([N+](=O)[O-])ccc1NC(=S)Nc1ccc2c(c1)CCC2. The van der Waals surface area contributed by atoms with Gasteiger partial charge in [-0.25, -0.2) is 0 Å². The summed E-state index contributed by atoms with van der Waals surface area (Å²) in [5.41, 5.74) is 4.22. The third-order valence-corrected chi connectivity index (χ3v) is 4.20. The molecule has 0 radical (unpaired) electrons. The molecule has 1 aliphatic rings. The molecule has 0 saturated heterocycles. The molecule has 0 bridgehead atoms. The summed E-state index contributed by atoms with van der Waals surface area (Å²) in [6, 6.07) is 10.6. The molecule has 7 heteroatoms. The maximum Gasteiger partial charge on any atom is 0.273 e. The van der Waals surface area contributed by atoms with E-state index in [0.29, 0.717) is 16.5 Å². The zero-order valence-corrected chi connectivity index (χ0v) is 14.0. The Balaban J connectivity index is 1.71. The number of hydrogen-bond donors (Lipinski definition) is 2. The first kappa shape index (κ1) is 16.2. The summed E-state index contributed by atoms with van der Waals surface area (Å²) in [6.07, 6.45) is 3.43. The molecular weight excluding hydrogens is 326 g/mol. The van der Waals surface area contributed by atoms with E-state index in [-0.39, 0.29) is 5.69 Å². The first-order chi connectivity index (χ1) is 11.6. The van der Waals surface area contributed by atoms with Crippen molar-refractivity contribution < 1.29 is 9.66 Å². The van der Waals surface area contributed by atoms with Crippen LogP contribution in [0.2, 0.25) is 0 Å². The van der Waals surface area contributed by atoms with Crippen LogP contribution in [-0.2, 0) is 12.8 Å². The molecule has 0 aliphatic heterocycles. The molecule has 3 rings (SSSR count). The smallest absolute Gasteiger partial charge is 0.273 e. The summed E-state index contributed by atoms with van der Waals surface area (Å²) in [5, 5.41) is 17.4. The number of nitrogens with zero attached hydrogens (tertiary/aromatic N) is 1. The van der Waals surface area contributed by atoms with Gasteiger partial charge in [0.2, 0.25) is 0 Å². The summed E-state index contributed by atoms with van der Waals surface area (Å²) in [5.74, 6) is 0.363. The van der Waals surface area contributed by atoms with E-state index in [2.05, 4.69) is 22.8 Å². The molecule has 2 N–H and O–H groups in total. The van der Waals surface area contributed by atoms with Gasteiger partial charge in [0.25, 0.3) is 5.69 Å². The van der Waals surface area contributed by atoms with Gasteiger partial charge in [0, 0.05) is 11.8 Å². The van der Waals surface area contributed by atoms with Gasteiger partial charge in [0.05, 0.1) is 23.8 Å². The largest absolute Gasteiger partial charge is 0.494 e. The highest BCUT2D eigenvalue weighted by Crippen LogP contribution is 2.29. The molecular formula is C17H17N3O3S. The van der Waals surface area contributed by atoms with Crippen LogP contribution in [0, 0.1) is 10.1 Å². The van der Waals surface area contributed by atoms with Crippen LogP contribution in [0.1, 0.15) is 17.5 Å². The number of nitro benzene ring substituents is 1. The Morgan fingerprint density at radius 1 is 1.17 bits per heavy atom. The Labute approximate surface area is 145 Å². The highest BCUT2D eigenvalue weighted by molar-refractivity contribution is 7.80. The maximum atomic E-state index is 10.8. The van der Waals surface area contributed by atoms with E-state index in [1.807, 2.05) is 6.07 Å². The number of nitro groups is 1. The van der Waals surface area contributed by atoms with Gasteiger partial charge >= 0.3 is 0 Å². The predicted octanol–water partition coefficient (Wildman–Crippen LogP) is 3.90. The van der Waals surface area contributed by atoms with E-state index in [1.165, 1.54) is 36.8 Å². The van der Waals surface area contributed by atoms with E-state index in [9.17, 15) is 10.1 Å². The topological polar surface area (TPSA) is 76.4 Å². The molecule has 2 aromatic rings. The molecule has 24 heavy (non-hydrogen) atoms. The van der Waals surface area contributed by atoms with Crippen molar-refractivity contribution in [2.75, 3.05) is 17.7 Å². The third-order valence-electron chi connectivity index (χ3n) is 4.00. The Bertz CT molecular complexity index is 808. The molecule has 0 aromatic heterocycles. The normalized spacial score (nSPS) is 12.4. The van der Waals surface area contributed by atoms with Crippen molar-refractivity contribution in [3.8, 4) is 5.75 Å². The number of non-ortho nitro benzene ring substituents is 1. The number of benzene rings is 2. The number of rotatable bonds is 4. The molecule has 1 aliphatic carbocycles. The van der Waals surface area contributed by atoms with Gasteiger partial charge < -0.3 is 15.4 Å². The summed E-state index contributed by atoms with van der Waals surface area (Å²) in [7, 11) is 1.46. The van der Waals surface area contributed by atoms with E-state index in [0.717, 1.165) is 18.5 Å². The zero-order valence-electron chi connectivity index (χ0n) is 13.2. The van der Waals surface area contributed by atoms with Crippen molar-refractivity contribution in [3.05, 3.63) is 57.6 Å². The van der Waals surface area contributed by atoms with E-state index >= 15 is 0 Å². The fourth-order valence-electron chi connectivity index (χ4n) is 2.83. The van der Waals surface area contributed by atoms with Crippen molar-refractivity contribution in [1.29, 1.82) is 0 Å². The lowest BCUT2D eigenvalue weighted by atomic mass is 10.1. The minimum absolute atomic E-state index is 0.0325. The fourth-order valence-corrected chi connectivity index (χ4v) is 3.06. The lowest BCUT2D eigenvalue weighted by Crippen LogP contribution is -2.19. The first-order valence-corrected chi connectivity index (χ1v) is 8.00. The van der Waals surface area contributed by atoms with E-state index in [4.69, 9.17) is 17.0 Å². The molecule has 0 atom stereocenters. The minimum Gasteiger partial charge on any atom is -0.494 e. The summed E-state index contributed by atoms with van der Waals surface area (Å²) in [4.78, 5) is 10.4. The van der Waals surface area contributed by atoms with Crippen LogP contribution in [0.15, 0.2) is 36.4 Å². The molecule has 2 aromatic carbocycles. The Hall–Kier alpha value is -2.67. The fraction of sp³-hybridized carbons (Fsp3) is 0.235. The van der Waals surface area contributed by atoms with E-state index in [1.54, 1.807) is 6.07 Å². The lowest BCUT2D eigenvalue weighted by molar-refractivity contribution is -0.384. The van der Waals surface area contributed by atoms with Crippen LogP contribution < -0.4 is 15.4 Å². The van der Waals surface area contributed by atoms with Crippen LogP contribution in [0.5, 0.6) is 5.75 Å². The quantitative estimate of drug-likeness (QED) is 0.498. The van der Waals surface area contributed by atoms with Gasteiger partial charge in [-0.1, -0.05) is 6.07 Å². The molecule has 0 heterocycles. The molecule has 0 unspecified atom stereocenters. The van der Waals surface area contributed by atoms with Gasteiger partial charge in [-0.2, -0.15) is 0 Å².